The van der Waals surface area contributed by atoms with Gasteiger partial charge in [0.1, 0.15) is 23.4 Å². The number of esters is 1. The third-order valence-electron chi connectivity index (χ3n) is 5.88. The number of hydrogen-bond acceptors (Lipinski definition) is 5. The van der Waals surface area contributed by atoms with Crippen molar-refractivity contribution in [2.75, 3.05) is 0 Å². The van der Waals surface area contributed by atoms with Gasteiger partial charge >= 0.3 is 11.6 Å². The van der Waals surface area contributed by atoms with E-state index in [4.69, 9.17) is 9.15 Å². The van der Waals surface area contributed by atoms with Crippen LogP contribution in [0.1, 0.15) is 27.0 Å². The summed E-state index contributed by atoms with van der Waals surface area (Å²) in [5.41, 5.74) is 5.04. The molecule has 0 fully saturated rings. The highest BCUT2D eigenvalue weighted by Crippen LogP contribution is 2.26. The summed E-state index contributed by atoms with van der Waals surface area (Å²) in [5, 5.41) is 5.41. The number of ether oxygens (including phenoxy) is 1. The maximum absolute atomic E-state index is 13.2. The van der Waals surface area contributed by atoms with Crippen LogP contribution in [0.3, 0.4) is 0 Å². The van der Waals surface area contributed by atoms with Gasteiger partial charge in [0, 0.05) is 28.8 Å². The van der Waals surface area contributed by atoms with Crippen LogP contribution < -0.4 is 5.63 Å². The highest BCUT2D eigenvalue weighted by molar-refractivity contribution is 5.96. The molecule has 0 amide bonds. The SMILES string of the molecule is Cc1ccc2c(COC(=O)c3cn(-c4ccccc4)nc3-c3ccccc3)cc(=O)oc2c1C. The molecular formula is C28H22N2O4. The van der Waals surface area contributed by atoms with Crippen LogP contribution >= 0.6 is 0 Å². The number of aryl methyl sites for hydroxylation is 2. The molecule has 6 heteroatoms. The van der Waals surface area contributed by atoms with E-state index in [-0.39, 0.29) is 6.61 Å². The molecule has 5 aromatic rings. The third-order valence-corrected chi connectivity index (χ3v) is 5.88. The summed E-state index contributed by atoms with van der Waals surface area (Å²) in [4.78, 5) is 25.4. The maximum Gasteiger partial charge on any atom is 0.342 e. The minimum absolute atomic E-state index is 0.0613. The van der Waals surface area contributed by atoms with Gasteiger partial charge in [0.05, 0.1) is 5.69 Å². The lowest BCUT2D eigenvalue weighted by molar-refractivity contribution is 0.0474. The Hall–Kier alpha value is -4.45. The molecule has 2 heterocycles. The average molecular weight is 450 g/mol. The van der Waals surface area contributed by atoms with Crippen LogP contribution in [-0.4, -0.2) is 15.7 Å². The Kier molecular flexibility index (Phi) is 5.55. The Labute approximate surface area is 196 Å². The lowest BCUT2D eigenvalue weighted by atomic mass is 10.0. The first-order chi connectivity index (χ1) is 16.5. The zero-order valence-corrected chi connectivity index (χ0v) is 18.8. The number of nitrogens with zero attached hydrogens (tertiary/aromatic N) is 2. The Morgan fingerprint density at radius 3 is 2.41 bits per heavy atom. The number of carbonyl (C=O) groups is 1. The van der Waals surface area contributed by atoms with Crippen molar-refractivity contribution in [3.05, 3.63) is 118 Å². The van der Waals surface area contributed by atoms with Gasteiger partial charge in [-0.15, -0.1) is 0 Å². The van der Waals surface area contributed by atoms with Gasteiger partial charge in [-0.05, 0) is 37.1 Å². The van der Waals surface area contributed by atoms with E-state index in [0.29, 0.717) is 22.4 Å². The van der Waals surface area contributed by atoms with E-state index in [1.165, 1.54) is 6.07 Å². The predicted octanol–water partition coefficient (Wildman–Crippen LogP) is 5.62. The molecule has 0 atom stereocenters. The van der Waals surface area contributed by atoms with Crippen LogP contribution in [0.2, 0.25) is 0 Å². The predicted molar refractivity (Wildman–Crippen MR) is 130 cm³/mol. The minimum Gasteiger partial charge on any atom is -0.457 e. The molecule has 0 saturated carbocycles. The van der Waals surface area contributed by atoms with E-state index in [2.05, 4.69) is 5.10 Å². The Morgan fingerprint density at radius 1 is 0.971 bits per heavy atom. The lowest BCUT2D eigenvalue weighted by Crippen LogP contribution is -2.09. The van der Waals surface area contributed by atoms with E-state index in [1.54, 1.807) is 10.9 Å². The Bertz CT molecular complexity index is 1550. The third kappa shape index (κ3) is 4.01. The average Bonchev–Trinajstić information content (AvgIpc) is 3.32. The van der Waals surface area contributed by atoms with Crippen LogP contribution in [0, 0.1) is 13.8 Å². The number of carbonyl (C=O) groups excluding carboxylic acids is 1. The van der Waals surface area contributed by atoms with Crippen molar-refractivity contribution in [3.63, 3.8) is 0 Å². The molecule has 0 aliphatic heterocycles. The van der Waals surface area contributed by atoms with Crippen LogP contribution in [-0.2, 0) is 11.3 Å². The van der Waals surface area contributed by atoms with E-state index in [1.807, 2.05) is 86.6 Å². The molecular weight excluding hydrogens is 428 g/mol. The molecule has 34 heavy (non-hydrogen) atoms. The number of fused-ring (bicyclic) bond motifs is 1. The van der Waals surface area contributed by atoms with E-state index >= 15 is 0 Å². The van der Waals surface area contributed by atoms with Crippen molar-refractivity contribution in [1.29, 1.82) is 0 Å². The molecule has 5 rings (SSSR count). The molecule has 0 aliphatic rings. The topological polar surface area (TPSA) is 74.3 Å². The molecule has 6 nitrogen and oxygen atoms in total. The minimum atomic E-state index is -0.522. The van der Waals surface area contributed by atoms with Crippen molar-refractivity contribution in [1.82, 2.24) is 9.78 Å². The summed E-state index contributed by atoms with van der Waals surface area (Å²) in [7, 11) is 0. The highest BCUT2D eigenvalue weighted by Gasteiger charge is 2.21. The van der Waals surface area contributed by atoms with E-state index < -0.39 is 11.6 Å². The van der Waals surface area contributed by atoms with Gasteiger partial charge in [0.25, 0.3) is 0 Å². The van der Waals surface area contributed by atoms with Gasteiger partial charge in [0.15, 0.2) is 0 Å². The van der Waals surface area contributed by atoms with E-state index in [9.17, 15) is 9.59 Å². The van der Waals surface area contributed by atoms with Crippen molar-refractivity contribution in [3.8, 4) is 16.9 Å². The number of benzene rings is 3. The zero-order valence-electron chi connectivity index (χ0n) is 18.8. The molecule has 0 bridgehead atoms. The van der Waals surface area contributed by atoms with Gasteiger partial charge in [0.2, 0.25) is 0 Å². The van der Waals surface area contributed by atoms with Gasteiger partial charge < -0.3 is 9.15 Å². The van der Waals surface area contributed by atoms with Gasteiger partial charge in [-0.1, -0.05) is 60.7 Å². The molecule has 0 N–H and O–H groups in total. The number of aromatic nitrogens is 2. The van der Waals surface area contributed by atoms with Crippen molar-refractivity contribution >= 4 is 16.9 Å². The molecule has 3 aromatic carbocycles. The van der Waals surface area contributed by atoms with Crippen LogP contribution in [0.4, 0.5) is 0 Å². The van der Waals surface area contributed by atoms with Crippen LogP contribution in [0.5, 0.6) is 0 Å². The van der Waals surface area contributed by atoms with Gasteiger partial charge in [-0.2, -0.15) is 5.10 Å². The Morgan fingerprint density at radius 2 is 1.68 bits per heavy atom. The summed E-state index contributed by atoms with van der Waals surface area (Å²) in [6.45, 7) is 3.80. The molecule has 0 spiro atoms. The second-order valence-corrected chi connectivity index (χ2v) is 8.09. The Balaban J connectivity index is 1.50. The van der Waals surface area contributed by atoms with E-state index in [0.717, 1.165) is 27.8 Å². The second-order valence-electron chi connectivity index (χ2n) is 8.09. The number of para-hydroxylation sites is 1. The zero-order chi connectivity index (χ0) is 23.7. The lowest BCUT2D eigenvalue weighted by Gasteiger charge is -2.10. The summed E-state index contributed by atoms with van der Waals surface area (Å²) in [6.07, 6.45) is 1.67. The van der Waals surface area contributed by atoms with Crippen LogP contribution in [0.25, 0.3) is 27.9 Å². The smallest absolute Gasteiger partial charge is 0.342 e. The normalized spacial score (nSPS) is 11.0. The first kappa shape index (κ1) is 21.4. The molecule has 0 unspecified atom stereocenters. The first-order valence-electron chi connectivity index (χ1n) is 10.9. The molecule has 0 aliphatic carbocycles. The summed E-state index contributed by atoms with van der Waals surface area (Å²) < 4.78 is 12.8. The summed E-state index contributed by atoms with van der Waals surface area (Å²) >= 11 is 0. The first-order valence-corrected chi connectivity index (χ1v) is 10.9. The maximum atomic E-state index is 13.2. The fourth-order valence-corrected chi connectivity index (χ4v) is 3.91. The van der Waals surface area contributed by atoms with Crippen molar-refractivity contribution < 1.29 is 13.9 Å². The number of rotatable bonds is 5. The largest absolute Gasteiger partial charge is 0.457 e. The number of hydrogen-bond donors (Lipinski definition) is 0. The molecule has 0 saturated heterocycles. The molecule has 0 radical (unpaired) electrons. The van der Waals surface area contributed by atoms with Crippen molar-refractivity contribution in [2.45, 2.75) is 20.5 Å². The van der Waals surface area contributed by atoms with Crippen molar-refractivity contribution in [2.24, 2.45) is 0 Å². The van der Waals surface area contributed by atoms with Gasteiger partial charge in [-0.3, -0.25) is 0 Å². The second kappa shape index (κ2) is 8.83. The molecule has 168 valence electrons. The monoisotopic (exact) mass is 450 g/mol. The summed E-state index contributed by atoms with van der Waals surface area (Å²) in [5.74, 6) is -0.522. The van der Waals surface area contributed by atoms with Gasteiger partial charge in [-0.25, -0.2) is 14.3 Å². The fraction of sp³-hybridized carbons (Fsp3) is 0.107. The summed E-state index contributed by atoms with van der Waals surface area (Å²) in [6, 6.07) is 24.3. The standard InChI is InChI=1S/C28H22N2O4/c1-18-13-14-23-21(15-25(31)34-27(23)19(18)2)17-33-28(32)24-16-30(22-11-7-4-8-12-22)29-26(24)20-9-5-3-6-10-20/h3-16H,17H2,1-2H3. The quantitative estimate of drug-likeness (QED) is 0.257. The molecule has 2 aromatic heterocycles. The highest BCUT2D eigenvalue weighted by atomic mass is 16.5. The van der Waals surface area contributed by atoms with Crippen LogP contribution in [0.15, 0.2) is 94.3 Å². The fourth-order valence-electron chi connectivity index (χ4n) is 3.91.